The fourth-order valence-electron chi connectivity index (χ4n) is 1.63. The van der Waals surface area contributed by atoms with Crippen molar-refractivity contribution in [2.45, 2.75) is 26.8 Å². The minimum Gasteiger partial charge on any atom is -0.362 e. The van der Waals surface area contributed by atoms with Crippen LogP contribution in [0.25, 0.3) is 0 Å². The average molecular weight is 233 g/mol. The predicted molar refractivity (Wildman–Crippen MR) is 67.9 cm³/mol. The molecule has 0 radical (unpaired) electrons. The molecule has 0 aliphatic rings. The number of nitrogens with one attached hydrogen (secondary N) is 1. The molecule has 2 aromatic rings. The number of aromatic nitrogens is 2. The highest BCUT2D eigenvalue weighted by molar-refractivity contribution is 7.09. The van der Waals surface area contributed by atoms with Crippen LogP contribution in [0.3, 0.4) is 0 Å². The Morgan fingerprint density at radius 1 is 1.31 bits per heavy atom. The number of pyridine rings is 1. The van der Waals surface area contributed by atoms with Crippen LogP contribution in [0, 0.1) is 13.8 Å². The van der Waals surface area contributed by atoms with E-state index in [1.165, 1.54) is 4.88 Å². The van der Waals surface area contributed by atoms with Crippen molar-refractivity contribution in [1.82, 2.24) is 9.97 Å². The highest BCUT2D eigenvalue weighted by Gasteiger charge is 2.11. The van der Waals surface area contributed by atoms with Crippen LogP contribution in [-0.2, 0) is 0 Å². The summed E-state index contributed by atoms with van der Waals surface area (Å²) >= 11 is 1.68. The third kappa shape index (κ3) is 2.22. The highest BCUT2D eigenvalue weighted by Crippen LogP contribution is 2.25. The van der Waals surface area contributed by atoms with E-state index >= 15 is 0 Å². The molecule has 0 saturated carbocycles. The fraction of sp³-hybridized carbons (Fsp3) is 0.333. The zero-order valence-electron chi connectivity index (χ0n) is 9.69. The highest BCUT2D eigenvalue weighted by atomic mass is 32.1. The molecule has 0 fully saturated rings. The van der Waals surface area contributed by atoms with Crippen molar-refractivity contribution in [2.75, 3.05) is 5.32 Å². The summed E-state index contributed by atoms with van der Waals surface area (Å²) in [7, 11) is 0. The third-order valence-corrected chi connectivity index (χ3v) is 3.65. The number of hydrogen-bond donors (Lipinski definition) is 1. The molecule has 1 atom stereocenters. The van der Waals surface area contributed by atoms with Gasteiger partial charge >= 0.3 is 0 Å². The summed E-state index contributed by atoms with van der Waals surface area (Å²) in [5.41, 5.74) is 4.14. The Hall–Kier alpha value is -1.42. The minimum absolute atomic E-state index is 0.251. The Morgan fingerprint density at radius 2 is 2.12 bits per heavy atom. The van der Waals surface area contributed by atoms with Crippen LogP contribution in [0.5, 0.6) is 0 Å². The van der Waals surface area contributed by atoms with Crippen molar-refractivity contribution in [3.05, 3.63) is 40.0 Å². The molecule has 0 aromatic carbocycles. The molecule has 3 nitrogen and oxygen atoms in total. The lowest BCUT2D eigenvalue weighted by molar-refractivity contribution is 0.877. The molecule has 2 aromatic heterocycles. The number of aryl methyl sites for hydroxylation is 2. The second-order valence-electron chi connectivity index (χ2n) is 3.84. The lowest BCUT2D eigenvalue weighted by Crippen LogP contribution is -2.08. The van der Waals surface area contributed by atoms with E-state index in [0.29, 0.717) is 0 Å². The lowest BCUT2D eigenvalue weighted by atomic mass is 10.2. The van der Waals surface area contributed by atoms with Crippen LogP contribution in [0.15, 0.2) is 23.8 Å². The van der Waals surface area contributed by atoms with Gasteiger partial charge in [0.05, 0.1) is 17.2 Å². The van der Waals surface area contributed by atoms with E-state index < -0.39 is 0 Å². The largest absolute Gasteiger partial charge is 0.362 e. The molecule has 4 heteroatoms. The van der Waals surface area contributed by atoms with E-state index in [1.807, 2.05) is 24.7 Å². The molecule has 2 rings (SSSR count). The maximum atomic E-state index is 4.33. The van der Waals surface area contributed by atoms with Gasteiger partial charge in [-0.25, -0.2) is 9.97 Å². The van der Waals surface area contributed by atoms with Crippen molar-refractivity contribution >= 4 is 17.2 Å². The molecule has 1 unspecified atom stereocenters. The fourth-order valence-corrected chi connectivity index (χ4v) is 2.44. The van der Waals surface area contributed by atoms with E-state index in [1.54, 1.807) is 11.3 Å². The van der Waals surface area contributed by atoms with Crippen molar-refractivity contribution in [3.8, 4) is 0 Å². The maximum Gasteiger partial charge on any atom is 0.129 e. The molecule has 1 N–H and O–H groups in total. The molecule has 0 aliphatic carbocycles. The Labute approximate surface area is 99.6 Å². The summed E-state index contributed by atoms with van der Waals surface area (Å²) in [6, 6.07) is 4.26. The van der Waals surface area contributed by atoms with E-state index in [4.69, 9.17) is 0 Å². The van der Waals surface area contributed by atoms with Crippen molar-refractivity contribution in [3.63, 3.8) is 0 Å². The number of anilines is 1. The van der Waals surface area contributed by atoms with Gasteiger partial charge < -0.3 is 5.32 Å². The standard InChI is InChI=1S/C12H15N3S/c1-8-5-4-6-13-12(8)15-10(3)11-9(2)14-7-16-11/h4-7,10H,1-3H3,(H,13,15). The summed E-state index contributed by atoms with van der Waals surface area (Å²) in [5, 5.41) is 3.41. The molecule has 0 amide bonds. The molecule has 0 aliphatic heterocycles. The summed E-state index contributed by atoms with van der Waals surface area (Å²) in [5.74, 6) is 0.947. The zero-order valence-corrected chi connectivity index (χ0v) is 10.5. The van der Waals surface area contributed by atoms with Gasteiger partial charge in [-0.15, -0.1) is 11.3 Å². The normalized spacial score (nSPS) is 12.4. The van der Waals surface area contributed by atoms with Gasteiger partial charge in [0.15, 0.2) is 0 Å². The summed E-state index contributed by atoms with van der Waals surface area (Å²) in [6.07, 6.45) is 1.81. The van der Waals surface area contributed by atoms with E-state index in [0.717, 1.165) is 17.1 Å². The first-order valence-corrected chi connectivity index (χ1v) is 6.14. The molecule has 0 spiro atoms. The lowest BCUT2D eigenvalue weighted by Gasteiger charge is -2.14. The van der Waals surface area contributed by atoms with Gasteiger partial charge in [-0.3, -0.25) is 0 Å². The Kier molecular flexibility index (Phi) is 3.19. The van der Waals surface area contributed by atoms with Crippen molar-refractivity contribution in [2.24, 2.45) is 0 Å². The van der Waals surface area contributed by atoms with Gasteiger partial charge in [-0.1, -0.05) is 6.07 Å². The zero-order chi connectivity index (χ0) is 11.5. The summed E-state index contributed by atoms with van der Waals surface area (Å²) in [4.78, 5) is 9.86. The molecular formula is C12H15N3S. The number of rotatable bonds is 3. The summed E-state index contributed by atoms with van der Waals surface area (Å²) in [6.45, 7) is 6.23. The second kappa shape index (κ2) is 4.61. The molecule has 0 saturated heterocycles. The topological polar surface area (TPSA) is 37.8 Å². The molecule has 0 bridgehead atoms. The molecule has 16 heavy (non-hydrogen) atoms. The van der Waals surface area contributed by atoms with E-state index in [-0.39, 0.29) is 6.04 Å². The van der Waals surface area contributed by atoms with Gasteiger partial charge in [0.1, 0.15) is 5.82 Å². The van der Waals surface area contributed by atoms with E-state index in [2.05, 4.69) is 35.2 Å². The van der Waals surface area contributed by atoms with Gasteiger partial charge in [-0.05, 0) is 32.4 Å². The van der Waals surface area contributed by atoms with Crippen LogP contribution in [-0.4, -0.2) is 9.97 Å². The SMILES string of the molecule is Cc1cccnc1NC(C)c1scnc1C. The average Bonchev–Trinajstić information content (AvgIpc) is 2.68. The van der Waals surface area contributed by atoms with Crippen LogP contribution in [0.4, 0.5) is 5.82 Å². The second-order valence-corrected chi connectivity index (χ2v) is 4.72. The molecule has 2 heterocycles. The molecular weight excluding hydrogens is 218 g/mol. The maximum absolute atomic E-state index is 4.33. The van der Waals surface area contributed by atoms with Gasteiger partial charge in [0.2, 0.25) is 0 Å². The van der Waals surface area contributed by atoms with Crippen molar-refractivity contribution < 1.29 is 0 Å². The quantitative estimate of drug-likeness (QED) is 0.883. The first kappa shape index (κ1) is 11.1. The van der Waals surface area contributed by atoms with Crippen molar-refractivity contribution in [1.29, 1.82) is 0 Å². The van der Waals surface area contributed by atoms with Gasteiger partial charge in [0, 0.05) is 11.1 Å². The smallest absolute Gasteiger partial charge is 0.129 e. The Balaban J connectivity index is 2.17. The van der Waals surface area contributed by atoms with Crippen LogP contribution in [0.1, 0.15) is 29.1 Å². The Morgan fingerprint density at radius 3 is 2.75 bits per heavy atom. The predicted octanol–water partition coefficient (Wildman–Crippen LogP) is 3.33. The minimum atomic E-state index is 0.251. The number of thiazole rings is 1. The molecule has 84 valence electrons. The first-order valence-electron chi connectivity index (χ1n) is 5.26. The van der Waals surface area contributed by atoms with Crippen LogP contribution in [0.2, 0.25) is 0 Å². The van der Waals surface area contributed by atoms with E-state index in [9.17, 15) is 0 Å². The number of nitrogens with zero attached hydrogens (tertiary/aromatic N) is 2. The summed E-state index contributed by atoms with van der Waals surface area (Å²) < 4.78 is 0. The van der Waals surface area contributed by atoms with Gasteiger partial charge in [0.25, 0.3) is 0 Å². The first-order chi connectivity index (χ1) is 7.68. The number of hydrogen-bond acceptors (Lipinski definition) is 4. The van der Waals surface area contributed by atoms with Gasteiger partial charge in [-0.2, -0.15) is 0 Å². The van der Waals surface area contributed by atoms with Crippen LogP contribution >= 0.6 is 11.3 Å². The Bertz CT molecular complexity index is 479. The third-order valence-electron chi connectivity index (χ3n) is 2.54. The van der Waals surface area contributed by atoms with Crippen LogP contribution < -0.4 is 5.32 Å². The monoisotopic (exact) mass is 233 g/mol.